The first-order valence-corrected chi connectivity index (χ1v) is 13.9. The second-order valence-corrected chi connectivity index (χ2v) is 10.2. The second kappa shape index (κ2) is 26.9. The molecule has 10 nitrogen and oxygen atoms in total. The van der Waals surface area contributed by atoms with E-state index < -0.39 is 0 Å². The molecular weight excluding hydrogens is 557 g/mol. The van der Waals surface area contributed by atoms with Gasteiger partial charge in [-0.2, -0.15) is 0 Å². The largest absolute Gasteiger partial charge is 1.00 e. The van der Waals surface area contributed by atoms with Crippen LogP contribution in [-0.4, -0.2) is 84.5 Å². The van der Waals surface area contributed by atoms with E-state index in [2.05, 4.69) is 47.9 Å². The summed E-state index contributed by atoms with van der Waals surface area (Å²) in [5.74, 6) is 0.170. The fourth-order valence-electron chi connectivity index (χ4n) is 3.19. The van der Waals surface area contributed by atoms with Gasteiger partial charge in [0.2, 0.25) is 12.3 Å². The molecule has 0 bridgehead atoms. The van der Waals surface area contributed by atoms with Crippen LogP contribution < -0.4 is 34.9 Å². The van der Waals surface area contributed by atoms with E-state index in [1.165, 1.54) is 16.7 Å². The molecule has 2 heterocycles. The predicted molar refractivity (Wildman–Crippen MR) is 159 cm³/mol. The van der Waals surface area contributed by atoms with Gasteiger partial charge in [-0.3, -0.25) is 9.59 Å². The van der Waals surface area contributed by atoms with Gasteiger partial charge in [0.25, 0.3) is 0 Å². The Kier molecular flexibility index (Phi) is 28.5. The number of carbonyl (C=O) groups is 3. The van der Waals surface area contributed by atoms with E-state index in [4.69, 9.17) is 5.11 Å². The molecule has 1 aliphatic heterocycles. The Morgan fingerprint density at radius 2 is 1.83 bits per heavy atom. The van der Waals surface area contributed by atoms with Crippen molar-refractivity contribution in [1.82, 2.24) is 15.2 Å². The molecule has 0 radical (unpaired) electrons. The van der Waals surface area contributed by atoms with Crippen molar-refractivity contribution >= 4 is 36.2 Å². The Labute approximate surface area is 271 Å². The van der Waals surface area contributed by atoms with Crippen molar-refractivity contribution in [3.05, 3.63) is 41.0 Å². The maximum atomic E-state index is 11.6. The number of amides is 2. The summed E-state index contributed by atoms with van der Waals surface area (Å²) in [5, 5.41) is 18.9. The van der Waals surface area contributed by atoms with Crippen LogP contribution in [0.4, 0.5) is 0 Å². The van der Waals surface area contributed by atoms with Crippen molar-refractivity contribution in [2.75, 3.05) is 33.4 Å². The number of aliphatic hydroxyl groups is 2. The molecule has 12 heteroatoms. The summed E-state index contributed by atoms with van der Waals surface area (Å²) in [4.78, 5) is 47.7. The summed E-state index contributed by atoms with van der Waals surface area (Å²) >= 11 is 1.64. The number of aldehydes is 1. The van der Waals surface area contributed by atoms with Crippen LogP contribution in [0.15, 0.2) is 29.8 Å². The predicted octanol–water partition coefficient (Wildman–Crippen LogP) is 0.331. The number of aliphatic hydroxyl groups excluding tert-OH is 2. The summed E-state index contributed by atoms with van der Waals surface area (Å²) in [6.07, 6.45) is 3.76. The van der Waals surface area contributed by atoms with Crippen LogP contribution in [0.2, 0.25) is 0 Å². The van der Waals surface area contributed by atoms with Gasteiger partial charge >= 0.3 is 29.6 Å². The number of nitrogens with one attached hydrogen (secondary N) is 1. The number of aromatic nitrogens is 1. The molecule has 2 amide bonds. The number of thiazole rings is 1. The zero-order chi connectivity index (χ0) is 31.0. The molecule has 0 spiro atoms. The molecule has 1 saturated heterocycles. The van der Waals surface area contributed by atoms with Crippen molar-refractivity contribution < 1.29 is 63.7 Å². The molecule has 1 unspecified atom stereocenters. The quantitative estimate of drug-likeness (QED) is 0.161. The van der Waals surface area contributed by atoms with Crippen LogP contribution in [0, 0.1) is 12.3 Å². The maximum absolute atomic E-state index is 11.6. The van der Waals surface area contributed by atoms with Gasteiger partial charge < -0.3 is 34.8 Å². The molecule has 1 aromatic heterocycles. The number of likely N-dealkylation sites (tertiary alicyclic amines) is 1. The zero-order valence-electron chi connectivity index (χ0n) is 25.8. The van der Waals surface area contributed by atoms with Gasteiger partial charge in [0, 0.05) is 33.2 Å². The topological polar surface area (TPSA) is 146 Å². The van der Waals surface area contributed by atoms with E-state index in [9.17, 15) is 24.3 Å². The molecule has 2 aromatic rings. The molecule has 0 saturated carbocycles. The Balaban J connectivity index is -0.000000521. The summed E-state index contributed by atoms with van der Waals surface area (Å²) in [7, 11) is 1.00. The van der Waals surface area contributed by atoms with E-state index in [-0.39, 0.29) is 60.2 Å². The van der Waals surface area contributed by atoms with Crippen molar-refractivity contribution in [2.45, 2.75) is 67.0 Å². The molecular formula is C29H46N3NaO7S. The van der Waals surface area contributed by atoms with Crippen LogP contribution in [0.1, 0.15) is 58.7 Å². The SMILES string of the molecule is CC.CC(C)(C)CC(=O)N1CCC(O)C1.CO.Cc1ncsc1-c1ccc(CNC=O)cc1.O=[C-]COCC=O.[Na+]. The smallest absolute Gasteiger partial charge is 0.540 e. The van der Waals surface area contributed by atoms with Crippen LogP contribution in [0.3, 0.4) is 0 Å². The molecule has 226 valence electrons. The summed E-state index contributed by atoms with van der Waals surface area (Å²) in [6, 6.07) is 8.15. The van der Waals surface area contributed by atoms with E-state index in [1.54, 1.807) is 16.2 Å². The normalized spacial score (nSPS) is 13.1. The minimum absolute atomic E-state index is 0. The number of aryl methyl sites for hydroxylation is 1. The first kappa shape index (κ1) is 43.5. The minimum Gasteiger partial charge on any atom is -0.540 e. The van der Waals surface area contributed by atoms with Crippen molar-refractivity contribution in [2.24, 2.45) is 5.41 Å². The Hall–Kier alpha value is -1.99. The summed E-state index contributed by atoms with van der Waals surface area (Å²) in [5.41, 5.74) is 5.23. The molecule has 1 fully saturated rings. The average Bonchev–Trinajstić information content (AvgIpc) is 3.58. The second-order valence-electron chi connectivity index (χ2n) is 9.31. The van der Waals surface area contributed by atoms with E-state index in [0.29, 0.717) is 32.2 Å². The fraction of sp³-hybridized carbons (Fsp3) is 0.552. The third-order valence-corrected chi connectivity index (χ3v) is 5.87. The van der Waals surface area contributed by atoms with Crippen LogP contribution in [-0.2, 0) is 30.5 Å². The molecule has 0 aliphatic carbocycles. The van der Waals surface area contributed by atoms with Crippen molar-refractivity contribution in [3.8, 4) is 10.4 Å². The molecule has 3 rings (SSSR count). The molecule has 1 atom stereocenters. The van der Waals surface area contributed by atoms with E-state index in [1.807, 2.05) is 38.4 Å². The number of nitrogens with zero attached hydrogens (tertiary/aromatic N) is 2. The zero-order valence-corrected chi connectivity index (χ0v) is 28.6. The van der Waals surface area contributed by atoms with Gasteiger partial charge in [-0.1, -0.05) is 58.9 Å². The van der Waals surface area contributed by atoms with Crippen LogP contribution in [0.25, 0.3) is 10.4 Å². The number of ether oxygens (including phenoxy) is 1. The van der Waals surface area contributed by atoms with E-state index in [0.717, 1.165) is 31.3 Å². The van der Waals surface area contributed by atoms with Gasteiger partial charge in [0.05, 0.1) is 28.8 Å². The van der Waals surface area contributed by atoms with E-state index >= 15 is 0 Å². The standard InChI is InChI=1S/C12H12N2OS.C10H19NO2.C4H5O3.C2H6.CH4O.Na/c1-9-12(16-8-14-9)11-4-2-10(3-5-11)6-13-7-15;1-10(2,3)6-9(13)11-5-4-8(12)7-11;5-1-3-7-4-2-6;2*1-2;/h2-5,7-8H,6H2,1H3,(H,13,15);8,12H,4-7H2,1-3H3;1H,3-4H2;1-2H3;2H,1H3;/q;;-1;;;+1. The molecule has 41 heavy (non-hydrogen) atoms. The number of β-amino-alcohol motifs (C(OH)–C–C–N with tert-alkyl or cyclic N) is 1. The first-order chi connectivity index (χ1) is 19.1. The Morgan fingerprint density at radius 3 is 2.24 bits per heavy atom. The number of hydrogen-bond donors (Lipinski definition) is 3. The third-order valence-electron chi connectivity index (χ3n) is 4.90. The van der Waals surface area contributed by atoms with Crippen LogP contribution in [0.5, 0.6) is 0 Å². The van der Waals surface area contributed by atoms with Gasteiger partial charge in [-0.05, 0) is 36.5 Å². The Bertz CT molecular complexity index is 943. The monoisotopic (exact) mass is 603 g/mol. The molecule has 1 aromatic carbocycles. The third kappa shape index (κ3) is 21.4. The van der Waals surface area contributed by atoms with Gasteiger partial charge in [0.1, 0.15) is 6.29 Å². The number of hydrogen-bond acceptors (Lipinski definition) is 9. The van der Waals surface area contributed by atoms with Gasteiger partial charge in [0.15, 0.2) is 0 Å². The number of benzene rings is 1. The number of rotatable bonds is 9. The van der Waals surface area contributed by atoms with Gasteiger partial charge in [-0.25, -0.2) is 11.3 Å². The Morgan fingerprint density at radius 1 is 1.22 bits per heavy atom. The average molecular weight is 604 g/mol. The van der Waals surface area contributed by atoms with Crippen molar-refractivity contribution in [1.29, 1.82) is 0 Å². The summed E-state index contributed by atoms with van der Waals surface area (Å²) < 4.78 is 4.34. The summed E-state index contributed by atoms with van der Waals surface area (Å²) in [6.45, 7) is 13.9. The van der Waals surface area contributed by atoms with Crippen molar-refractivity contribution in [3.63, 3.8) is 0 Å². The maximum Gasteiger partial charge on any atom is 1.00 e. The number of carbonyl (C=O) groups excluding carboxylic acids is 4. The first-order valence-electron chi connectivity index (χ1n) is 13.0. The molecule has 1 aliphatic rings. The van der Waals surface area contributed by atoms with Gasteiger partial charge in [-0.15, -0.1) is 11.3 Å². The fourth-order valence-corrected chi connectivity index (χ4v) is 4.01. The van der Waals surface area contributed by atoms with Crippen LogP contribution >= 0.6 is 11.3 Å². The molecule has 3 N–H and O–H groups in total. The minimum atomic E-state index is -0.302.